The van der Waals surface area contributed by atoms with Crippen molar-refractivity contribution in [1.82, 2.24) is 5.32 Å². The molecule has 0 spiro atoms. The van der Waals surface area contributed by atoms with Crippen molar-refractivity contribution in [2.24, 2.45) is 0 Å². The average Bonchev–Trinajstić information content (AvgIpc) is 3.70. The molecule has 6 heteroatoms. The molecule has 6 nitrogen and oxygen atoms in total. The summed E-state index contributed by atoms with van der Waals surface area (Å²) in [6.07, 6.45) is 110. The Morgan fingerprint density at radius 3 is 0.800 bits per heavy atom. The van der Waals surface area contributed by atoms with Crippen LogP contribution in [0, 0.1) is 0 Å². The van der Waals surface area contributed by atoms with E-state index in [0.717, 1.165) is 44.9 Å². The minimum absolute atomic E-state index is 0.0238. The van der Waals surface area contributed by atoms with E-state index in [1.165, 1.54) is 430 Å². The van der Waals surface area contributed by atoms with Gasteiger partial charge in [0.25, 0.3) is 0 Å². The Morgan fingerprint density at radius 2 is 0.526 bits per heavy atom. The fourth-order valence-electron chi connectivity index (χ4n) is 14.3. The van der Waals surface area contributed by atoms with Crippen LogP contribution in [0.4, 0.5) is 0 Å². The van der Waals surface area contributed by atoms with Crippen molar-refractivity contribution in [1.29, 1.82) is 0 Å². The molecular weight excluding hydrogens is 1160 g/mol. The molecule has 0 aromatic carbocycles. The highest BCUT2D eigenvalue weighted by molar-refractivity contribution is 5.76. The van der Waals surface area contributed by atoms with E-state index >= 15 is 0 Å². The van der Waals surface area contributed by atoms with Gasteiger partial charge in [0.05, 0.1) is 25.4 Å². The first-order valence-electron chi connectivity index (χ1n) is 44.1. The van der Waals surface area contributed by atoms with E-state index in [-0.39, 0.29) is 18.5 Å². The number of aliphatic hydroxyl groups excluding tert-OH is 2. The van der Waals surface area contributed by atoms with E-state index < -0.39 is 12.1 Å². The largest absolute Gasteiger partial charge is 0.466 e. The Morgan fingerprint density at radius 1 is 0.295 bits per heavy atom. The van der Waals surface area contributed by atoms with Gasteiger partial charge in [-0.3, -0.25) is 9.59 Å². The summed E-state index contributed by atoms with van der Waals surface area (Å²) in [6, 6.07) is -0.541. The molecule has 0 saturated carbocycles. The molecule has 564 valence electrons. The lowest BCUT2D eigenvalue weighted by Gasteiger charge is -2.22. The van der Waals surface area contributed by atoms with Gasteiger partial charge in [0.1, 0.15) is 0 Å². The topological polar surface area (TPSA) is 95.9 Å². The van der Waals surface area contributed by atoms with Crippen LogP contribution in [0.5, 0.6) is 0 Å². The van der Waals surface area contributed by atoms with Gasteiger partial charge in [-0.2, -0.15) is 0 Å². The van der Waals surface area contributed by atoms with Crippen molar-refractivity contribution >= 4 is 11.9 Å². The van der Waals surface area contributed by atoms with Crippen LogP contribution in [-0.4, -0.2) is 47.4 Å². The van der Waals surface area contributed by atoms with Crippen molar-refractivity contribution < 1.29 is 24.5 Å². The second-order valence-corrected chi connectivity index (χ2v) is 30.6. The number of carbonyl (C=O) groups is 2. The van der Waals surface area contributed by atoms with Crippen molar-refractivity contribution in [3.63, 3.8) is 0 Å². The number of unbranched alkanes of at least 4 members (excludes halogenated alkanes) is 69. The summed E-state index contributed by atoms with van der Waals surface area (Å²) in [6.45, 7) is 5.02. The first-order valence-corrected chi connectivity index (χ1v) is 44.1. The van der Waals surface area contributed by atoms with Gasteiger partial charge in [0.2, 0.25) is 5.91 Å². The van der Waals surface area contributed by atoms with E-state index in [0.29, 0.717) is 25.9 Å². The smallest absolute Gasteiger partial charge is 0.305 e. The molecule has 3 N–H and O–H groups in total. The summed E-state index contributed by atoms with van der Waals surface area (Å²) >= 11 is 0. The number of rotatable bonds is 84. The quantitative estimate of drug-likeness (QED) is 0.0320. The highest BCUT2D eigenvalue weighted by atomic mass is 16.5. The Balaban J connectivity index is 3.35. The molecule has 0 aliphatic carbocycles. The Kier molecular flexibility index (Phi) is 83.3. The number of ether oxygens (including phenoxy) is 1. The summed E-state index contributed by atoms with van der Waals surface area (Å²) in [5, 5.41) is 23.5. The number of hydrogen-bond acceptors (Lipinski definition) is 5. The molecule has 0 aliphatic heterocycles. The van der Waals surface area contributed by atoms with Gasteiger partial charge in [0.15, 0.2) is 0 Å². The fraction of sp³-hybridized carbons (Fsp3) is 0.933. The van der Waals surface area contributed by atoms with Crippen molar-refractivity contribution in [3.05, 3.63) is 24.3 Å². The number of nitrogens with one attached hydrogen (secondary N) is 1. The molecule has 0 aliphatic rings. The Bertz CT molecular complexity index is 1500. The lowest BCUT2D eigenvalue weighted by molar-refractivity contribution is -0.143. The molecule has 0 heterocycles. The molecule has 1 amide bonds. The van der Waals surface area contributed by atoms with Crippen molar-refractivity contribution in [2.45, 2.75) is 520 Å². The maximum absolute atomic E-state index is 12.6. The average molecular weight is 1340 g/mol. The van der Waals surface area contributed by atoms with Gasteiger partial charge in [-0.15, -0.1) is 0 Å². The van der Waals surface area contributed by atoms with Crippen LogP contribution < -0.4 is 5.32 Å². The lowest BCUT2D eigenvalue weighted by Crippen LogP contribution is -2.45. The molecule has 0 rings (SSSR count). The van der Waals surface area contributed by atoms with E-state index in [2.05, 4.69) is 43.5 Å². The summed E-state index contributed by atoms with van der Waals surface area (Å²) in [5.74, 6) is -0.00156. The highest BCUT2D eigenvalue weighted by Crippen LogP contribution is 2.21. The number of hydrogen-bond donors (Lipinski definition) is 3. The zero-order valence-electron chi connectivity index (χ0n) is 64.9. The molecule has 2 unspecified atom stereocenters. The first-order chi connectivity index (χ1) is 47.0. The maximum atomic E-state index is 12.6. The number of carbonyl (C=O) groups excluding carboxylic acids is 2. The van der Waals surface area contributed by atoms with Crippen LogP contribution in [0.1, 0.15) is 508 Å². The van der Waals surface area contributed by atoms with Gasteiger partial charge >= 0.3 is 5.97 Å². The van der Waals surface area contributed by atoms with Crippen molar-refractivity contribution in [2.75, 3.05) is 13.2 Å². The molecule has 0 aromatic rings. The molecule has 0 fully saturated rings. The first kappa shape index (κ1) is 93.3. The predicted molar refractivity (Wildman–Crippen MR) is 421 cm³/mol. The maximum Gasteiger partial charge on any atom is 0.305 e. The van der Waals surface area contributed by atoms with Gasteiger partial charge in [0, 0.05) is 12.8 Å². The van der Waals surface area contributed by atoms with Gasteiger partial charge < -0.3 is 20.3 Å². The molecule has 2 atom stereocenters. The third kappa shape index (κ3) is 81.2. The number of allylic oxidation sites excluding steroid dienone is 4. The van der Waals surface area contributed by atoms with E-state index in [4.69, 9.17) is 4.74 Å². The number of esters is 1. The zero-order valence-corrected chi connectivity index (χ0v) is 64.9. The summed E-state index contributed by atoms with van der Waals surface area (Å²) < 4.78 is 5.50. The molecule has 0 saturated heterocycles. The van der Waals surface area contributed by atoms with Crippen LogP contribution in [0.25, 0.3) is 0 Å². The predicted octanol–water partition coefficient (Wildman–Crippen LogP) is 29.6. The normalized spacial score (nSPS) is 12.5. The van der Waals surface area contributed by atoms with E-state index in [1.807, 2.05) is 0 Å². The summed E-state index contributed by atoms with van der Waals surface area (Å²) in [7, 11) is 0. The standard InChI is InChI=1S/C89H173NO5/c1-3-5-7-9-11-13-15-17-19-20-21-22-23-39-42-45-48-51-54-57-61-65-69-73-77-81-87(92)86(85-91)90-88(93)82-78-74-70-66-62-58-55-52-49-46-43-40-37-35-33-31-29-27-25-24-26-28-30-32-34-36-38-41-44-47-50-53-56-60-64-68-72-76-80-84-95-89(94)83-79-75-71-67-63-59-18-16-14-12-10-8-6-4-2/h24-25,28,30,86-87,91-92H,3-23,26-27,29,31-85H2,1-2H3,(H,90,93)/b25-24-,30-28-. The summed E-state index contributed by atoms with van der Waals surface area (Å²) in [4.78, 5) is 24.7. The van der Waals surface area contributed by atoms with Gasteiger partial charge in [-0.25, -0.2) is 0 Å². The molecular formula is C89H173NO5. The second kappa shape index (κ2) is 84.8. The number of aliphatic hydroxyl groups is 2. The monoisotopic (exact) mass is 1340 g/mol. The summed E-state index contributed by atoms with van der Waals surface area (Å²) in [5.41, 5.74) is 0. The molecule has 95 heavy (non-hydrogen) atoms. The number of amides is 1. The fourth-order valence-corrected chi connectivity index (χ4v) is 14.3. The van der Waals surface area contributed by atoms with Gasteiger partial charge in [-0.05, 0) is 57.8 Å². The highest BCUT2D eigenvalue weighted by Gasteiger charge is 2.20. The van der Waals surface area contributed by atoms with Gasteiger partial charge in [-0.1, -0.05) is 462 Å². The van der Waals surface area contributed by atoms with E-state index in [1.54, 1.807) is 0 Å². The lowest BCUT2D eigenvalue weighted by atomic mass is 10.0. The SMILES string of the molecule is CCCCCCCCCCCCCCCCCCCCCCCCCCCC(O)C(CO)NC(=O)CCCCCCCCCCCCCCCCCCC/C=C\C/C=C\CCCCCCCCCCCCCCCCCOC(=O)CCCCCCCCCCCCCCCC. The minimum atomic E-state index is -0.664. The van der Waals surface area contributed by atoms with Crippen LogP contribution in [0.2, 0.25) is 0 Å². The Labute approximate surface area is 596 Å². The third-order valence-electron chi connectivity index (χ3n) is 21.0. The second-order valence-electron chi connectivity index (χ2n) is 30.6. The van der Waals surface area contributed by atoms with Crippen LogP contribution in [0.3, 0.4) is 0 Å². The van der Waals surface area contributed by atoms with Crippen molar-refractivity contribution in [3.8, 4) is 0 Å². The minimum Gasteiger partial charge on any atom is -0.466 e. The zero-order chi connectivity index (χ0) is 68.4. The van der Waals surface area contributed by atoms with E-state index in [9.17, 15) is 19.8 Å². The van der Waals surface area contributed by atoms with Crippen LogP contribution >= 0.6 is 0 Å². The Hall–Kier alpha value is -1.66. The van der Waals surface area contributed by atoms with Crippen LogP contribution in [0.15, 0.2) is 24.3 Å². The van der Waals surface area contributed by atoms with Crippen LogP contribution in [-0.2, 0) is 14.3 Å². The third-order valence-corrected chi connectivity index (χ3v) is 21.0. The molecule has 0 aromatic heterocycles. The molecule has 0 bridgehead atoms. The molecule has 0 radical (unpaired) electrons.